The maximum Gasteiger partial charge on any atom is 0.115 e. The van der Waals surface area contributed by atoms with Gasteiger partial charge in [-0.15, -0.1) is 0 Å². The fourth-order valence-electron chi connectivity index (χ4n) is 2.23. The number of aromatic hydroxyl groups is 1. The van der Waals surface area contributed by atoms with Gasteiger partial charge >= 0.3 is 0 Å². The van der Waals surface area contributed by atoms with Crippen molar-refractivity contribution in [1.82, 2.24) is 0 Å². The smallest absolute Gasteiger partial charge is 0.115 e. The Bertz CT molecular complexity index is 488. The Balaban J connectivity index is 0.000000240. The molecule has 0 unspecified atom stereocenters. The number of benzene rings is 2. The van der Waals surface area contributed by atoms with Gasteiger partial charge in [0.15, 0.2) is 0 Å². The summed E-state index contributed by atoms with van der Waals surface area (Å²) in [6, 6.07) is 15.7. The van der Waals surface area contributed by atoms with E-state index in [1.807, 2.05) is 6.07 Å². The Morgan fingerprint density at radius 3 is 1.90 bits per heavy atom. The fraction of sp³-hybridized carbons (Fsp3) is 0.368. The van der Waals surface area contributed by atoms with Gasteiger partial charge in [-0.3, -0.25) is 0 Å². The predicted molar refractivity (Wildman–Crippen MR) is 87.3 cm³/mol. The van der Waals surface area contributed by atoms with Crippen molar-refractivity contribution < 1.29 is 5.11 Å². The number of hydrogen-bond acceptors (Lipinski definition) is 1. The van der Waals surface area contributed by atoms with Gasteiger partial charge in [-0.2, -0.15) is 0 Å². The summed E-state index contributed by atoms with van der Waals surface area (Å²) in [5, 5.41) is 8.63. The van der Waals surface area contributed by atoms with Crippen LogP contribution in [0, 0.1) is 0 Å². The van der Waals surface area contributed by atoms with E-state index in [9.17, 15) is 0 Å². The first-order valence-electron chi connectivity index (χ1n) is 7.55. The molecule has 0 bridgehead atoms. The van der Waals surface area contributed by atoms with E-state index in [4.69, 9.17) is 5.11 Å². The molecule has 1 N–H and O–H groups in total. The normalized spacial score (nSPS) is 9.75. The molecular formula is C19H26O. The van der Waals surface area contributed by atoms with Gasteiger partial charge in [0.1, 0.15) is 5.75 Å². The molecule has 0 aliphatic carbocycles. The second-order valence-electron chi connectivity index (χ2n) is 4.90. The van der Waals surface area contributed by atoms with Gasteiger partial charge in [-0.25, -0.2) is 0 Å². The van der Waals surface area contributed by atoms with Crippen LogP contribution in [0.15, 0.2) is 48.5 Å². The zero-order chi connectivity index (χ0) is 14.8. The number of aryl methyl sites for hydroxylation is 3. The third kappa shape index (κ3) is 5.48. The minimum Gasteiger partial charge on any atom is -0.508 e. The molecule has 20 heavy (non-hydrogen) atoms. The fourth-order valence-corrected chi connectivity index (χ4v) is 2.23. The Morgan fingerprint density at radius 2 is 1.45 bits per heavy atom. The van der Waals surface area contributed by atoms with Crippen LogP contribution in [0.1, 0.15) is 43.9 Å². The molecule has 0 fully saturated rings. The summed E-state index contributed by atoms with van der Waals surface area (Å²) in [5.41, 5.74) is 4.55. The van der Waals surface area contributed by atoms with E-state index >= 15 is 0 Å². The Hall–Kier alpha value is -1.76. The van der Waals surface area contributed by atoms with Crippen molar-refractivity contribution in [3.63, 3.8) is 0 Å². The highest BCUT2D eigenvalue weighted by atomic mass is 16.3. The lowest BCUT2D eigenvalue weighted by molar-refractivity contribution is 0.475. The van der Waals surface area contributed by atoms with Crippen molar-refractivity contribution in [2.75, 3.05) is 0 Å². The van der Waals surface area contributed by atoms with E-state index in [1.165, 1.54) is 36.0 Å². The molecule has 2 rings (SSSR count). The summed E-state index contributed by atoms with van der Waals surface area (Å²) in [6.45, 7) is 6.71. The van der Waals surface area contributed by atoms with Crippen LogP contribution in [0.25, 0.3) is 0 Å². The predicted octanol–water partition coefficient (Wildman–Crippen LogP) is 5.16. The summed E-state index contributed by atoms with van der Waals surface area (Å²) in [6.07, 6.45) is 4.79. The van der Waals surface area contributed by atoms with Gasteiger partial charge in [0.05, 0.1) is 0 Å². The molecule has 1 heteroatoms. The van der Waals surface area contributed by atoms with Crippen LogP contribution >= 0.6 is 0 Å². The molecule has 0 amide bonds. The van der Waals surface area contributed by atoms with Crippen LogP contribution < -0.4 is 0 Å². The Morgan fingerprint density at radius 1 is 0.800 bits per heavy atom. The van der Waals surface area contributed by atoms with E-state index in [2.05, 4.69) is 39.0 Å². The van der Waals surface area contributed by atoms with Gasteiger partial charge in [0, 0.05) is 0 Å². The van der Waals surface area contributed by atoms with Crippen LogP contribution in [-0.4, -0.2) is 5.11 Å². The number of rotatable bonds is 4. The highest BCUT2D eigenvalue weighted by Crippen LogP contribution is 2.14. The molecule has 108 valence electrons. The zero-order valence-electron chi connectivity index (χ0n) is 12.9. The lowest BCUT2D eigenvalue weighted by Gasteiger charge is -2.07. The standard InChI is InChI=1S/C13H20.C6H6O/c1-4-7-11-8-9-12(5-2)13(6-3)10-11;7-6-4-2-1-3-5-6/h8-10H,4-7H2,1-3H3;1-5,7H. The summed E-state index contributed by atoms with van der Waals surface area (Å²) >= 11 is 0. The topological polar surface area (TPSA) is 20.2 Å². The molecule has 1 nitrogen and oxygen atoms in total. The first-order valence-corrected chi connectivity index (χ1v) is 7.55. The van der Waals surface area contributed by atoms with Gasteiger partial charge in [0.25, 0.3) is 0 Å². The highest BCUT2D eigenvalue weighted by molar-refractivity contribution is 5.32. The Labute approximate surface area is 123 Å². The van der Waals surface area contributed by atoms with E-state index in [1.54, 1.807) is 24.3 Å². The van der Waals surface area contributed by atoms with Crippen LogP contribution in [0.5, 0.6) is 5.75 Å². The lowest BCUT2D eigenvalue weighted by atomic mass is 9.98. The number of hydrogen-bond donors (Lipinski definition) is 1. The van der Waals surface area contributed by atoms with E-state index in [-0.39, 0.29) is 0 Å². The minimum atomic E-state index is 0.322. The van der Waals surface area contributed by atoms with Gasteiger partial charge in [0.2, 0.25) is 0 Å². The molecule has 0 saturated heterocycles. The van der Waals surface area contributed by atoms with Crippen LogP contribution in [-0.2, 0) is 19.3 Å². The molecule has 0 aliphatic rings. The van der Waals surface area contributed by atoms with E-state index < -0.39 is 0 Å². The van der Waals surface area contributed by atoms with Crippen molar-refractivity contribution in [2.45, 2.75) is 46.5 Å². The molecular weight excluding hydrogens is 244 g/mol. The largest absolute Gasteiger partial charge is 0.508 e. The Kier molecular flexibility index (Phi) is 7.49. The molecule has 0 spiro atoms. The summed E-state index contributed by atoms with van der Waals surface area (Å²) < 4.78 is 0. The highest BCUT2D eigenvalue weighted by Gasteiger charge is 1.99. The lowest BCUT2D eigenvalue weighted by Crippen LogP contribution is -1.93. The summed E-state index contributed by atoms with van der Waals surface area (Å²) in [4.78, 5) is 0. The quantitative estimate of drug-likeness (QED) is 0.814. The van der Waals surface area contributed by atoms with Crippen LogP contribution in [0.2, 0.25) is 0 Å². The first-order chi connectivity index (χ1) is 9.71. The third-order valence-electron chi connectivity index (χ3n) is 3.33. The molecule has 2 aromatic carbocycles. The van der Waals surface area contributed by atoms with E-state index in [0.29, 0.717) is 5.75 Å². The maximum absolute atomic E-state index is 8.63. The molecule has 0 aliphatic heterocycles. The second-order valence-corrected chi connectivity index (χ2v) is 4.90. The average molecular weight is 270 g/mol. The van der Waals surface area contributed by atoms with Crippen LogP contribution in [0.3, 0.4) is 0 Å². The number of para-hydroxylation sites is 1. The van der Waals surface area contributed by atoms with Crippen LogP contribution in [0.4, 0.5) is 0 Å². The molecule has 0 saturated carbocycles. The maximum atomic E-state index is 8.63. The number of phenols is 1. The van der Waals surface area contributed by atoms with Crippen molar-refractivity contribution in [3.05, 3.63) is 65.2 Å². The van der Waals surface area contributed by atoms with Crippen molar-refractivity contribution >= 4 is 0 Å². The van der Waals surface area contributed by atoms with Gasteiger partial charge in [-0.05, 0) is 48.1 Å². The van der Waals surface area contributed by atoms with E-state index in [0.717, 1.165) is 6.42 Å². The molecule has 0 heterocycles. The van der Waals surface area contributed by atoms with Gasteiger partial charge < -0.3 is 5.11 Å². The monoisotopic (exact) mass is 270 g/mol. The van der Waals surface area contributed by atoms with Crippen molar-refractivity contribution in [3.8, 4) is 5.75 Å². The first kappa shape index (κ1) is 16.3. The summed E-state index contributed by atoms with van der Waals surface area (Å²) in [7, 11) is 0. The molecule has 0 radical (unpaired) electrons. The molecule has 2 aromatic rings. The average Bonchev–Trinajstić information content (AvgIpc) is 2.49. The zero-order valence-corrected chi connectivity index (χ0v) is 12.9. The molecule has 0 aromatic heterocycles. The second kappa shape index (κ2) is 9.19. The minimum absolute atomic E-state index is 0.322. The van der Waals surface area contributed by atoms with Crippen molar-refractivity contribution in [1.29, 1.82) is 0 Å². The third-order valence-corrected chi connectivity index (χ3v) is 3.33. The SMILES string of the molecule is CCCc1ccc(CC)c(CC)c1.Oc1ccccc1. The van der Waals surface area contributed by atoms with Gasteiger partial charge in [-0.1, -0.05) is 63.6 Å². The molecule has 0 atom stereocenters. The summed E-state index contributed by atoms with van der Waals surface area (Å²) in [5.74, 6) is 0.322. The van der Waals surface area contributed by atoms with Crippen molar-refractivity contribution in [2.24, 2.45) is 0 Å². The number of phenolic OH excluding ortho intramolecular Hbond substituents is 1.